The van der Waals surface area contributed by atoms with Gasteiger partial charge >= 0.3 is 0 Å². The van der Waals surface area contributed by atoms with E-state index < -0.39 is 10.0 Å². The van der Waals surface area contributed by atoms with Crippen molar-refractivity contribution in [2.24, 2.45) is 5.92 Å². The van der Waals surface area contributed by atoms with Crippen LogP contribution in [-0.2, 0) is 23.1 Å². The van der Waals surface area contributed by atoms with E-state index in [1.54, 1.807) is 18.2 Å². The number of pyridine rings is 1. The van der Waals surface area contributed by atoms with E-state index in [0.717, 1.165) is 17.9 Å². The number of nitrogens with zero attached hydrogens (tertiary/aromatic N) is 2. The summed E-state index contributed by atoms with van der Waals surface area (Å²) < 4.78 is 30.4. The lowest BCUT2D eigenvalue weighted by molar-refractivity contribution is 0.404. The molecule has 1 aliphatic rings. The maximum atomic E-state index is 13.2. The summed E-state index contributed by atoms with van der Waals surface area (Å²) in [4.78, 5) is 12.2. The third kappa shape index (κ3) is 5.49. The van der Waals surface area contributed by atoms with Crippen LogP contribution in [0.2, 0.25) is 0 Å². The van der Waals surface area contributed by atoms with Crippen molar-refractivity contribution in [3.8, 4) is 6.07 Å². The van der Waals surface area contributed by atoms with E-state index in [-0.39, 0.29) is 17.0 Å². The summed E-state index contributed by atoms with van der Waals surface area (Å²) in [6, 6.07) is 17.2. The highest BCUT2D eigenvalue weighted by Gasteiger charge is 2.19. The van der Waals surface area contributed by atoms with Gasteiger partial charge in [-0.05, 0) is 60.5 Å². The van der Waals surface area contributed by atoms with Crippen LogP contribution in [0.4, 0.5) is 5.69 Å². The predicted molar refractivity (Wildman–Crippen MR) is 134 cm³/mol. The number of anilines is 1. The monoisotopic (exact) mass is 478 g/mol. The number of rotatable bonds is 9. The van der Waals surface area contributed by atoms with Gasteiger partial charge in [0, 0.05) is 18.7 Å². The number of nitrogens with one attached hydrogen (secondary N) is 2. The minimum atomic E-state index is -3.85. The molecule has 3 aromatic rings. The smallest absolute Gasteiger partial charge is 0.261 e. The van der Waals surface area contributed by atoms with Crippen molar-refractivity contribution >= 4 is 26.6 Å². The second-order valence-corrected chi connectivity index (χ2v) is 10.7. The van der Waals surface area contributed by atoms with Gasteiger partial charge in [-0.15, -0.1) is 0 Å². The topological polar surface area (TPSA) is 104 Å². The largest absolute Gasteiger partial charge is 0.310 e. The fourth-order valence-electron chi connectivity index (χ4n) is 4.77. The molecule has 0 amide bonds. The average Bonchev–Trinajstić information content (AvgIpc) is 3.33. The summed E-state index contributed by atoms with van der Waals surface area (Å²) >= 11 is 0. The summed E-state index contributed by atoms with van der Waals surface area (Å²) in [6.45, 7) is 2.66. The second-order valence-electron chi connectivity index (χ2n) is 9.07. The zero-order chi connectivity index (χ0) is 24.1. The van der Waals surface area contributed by atoms with Crippen LogP contribution >= 0.6 is 0 Å². The minimum absolute atomic E-state index is 0.0968. The van der Waals surface area contributed by atoms with Crippen molar-refractivity contribution in [2.45, 2.75) is 63.1 Å². The molecule has 34 heavy (non-hydrogen) atoms. The molecule has 1 aromatic heterocycles. The normalized spacial score (nSPS) is 15.3. The molecule has 1 aliphatic carbocycles. The molecule has 2 N–H and O–H groups in total. The average molecular weight is 479 g/mol. The highest BCUT2D eigenvalue weighted by atomic mass is 32.2. The van der Waals surface area contributed by atoms with E-state index >= 15 is 0 Å². The van der Waals surface area contributed by atoms with Gasteiger partial charge in [-0.3, -0.25) is 14.1 Å². The van der Waals surface area contributed by atoms with Crippen molar-refractivity contribution in [2.75, 3.05) is 4.72 Å². The molecule has 0 unspecified atom stereocenters. The molecule has 1 saturated carbocycles. The molecule has 178 valence electrons. The summed E-state index contributed by atoms with van der Waals surface area (Å²) in [7, 11) is -3.85. The van der Waals surface area contributed by atoms with Crippen LogP contribution in [0.3, 0.4) is 0 Å². The number of hydrogen-bond acceptors (Lipinski definition) is 5. The maximum absolute atomic E-state index is 13.2. The molecule has 8 heteroatoms. The number of hydrogen-bond donors (Lipinski definition) is 2. The van der Waals surface area contributed by atoms with Crippen LogP contribution in [0.5, 0.6) is 0 Å². The van der Waals surface area contributed by atoms with Crippen molar-refractivity contribution in [3.05, 3.63) is 70.5 Å². The lowest BCUT2D eigenvalue weighted by atomic mass is 9.99. The fraction of sp³-hybridized carbons (Fsp3) is 0.385. The summed E-state index contributed by atoms with van der Waals surface area (Å²) in [5.41, 5.74) is 1.64. The Bertz CT molecular complexity index is 1370. The molecule has 1 fully saturated rings. The zero-order valence-corrected chi connectivity index (χ0v) is 20.1. The van der Waals surface area contributed by atoms with Gasteiger partial charge in [0.1, 0.15) is 6.54 Å². The van der Waals surface area contributed by atoms with Gasteiger partial charge in [0.2, 0.25) is 0 Å². The third-order valence-corrected chi connectivity index (χ3v) is 7.93. The first-order valence-corrected chi connectivity index (χ1v) is 13.2. The van der Waals surface area contributed by atoms with Gasteiger partial charge in [0.15, 0.2) is 0 Å². The first-order valence-electron chi connectivity index (χ1n) is 11.7. The van der Waals surface area contributed by atoms with Crippen LogP contribution < -0.4 is 15.6 Å². The van der Waals surface area contributed by atoms with Gasteiger partial charge < -0.3 is 5.32 Å². The van der Waals surface area contributed by atoms with Gasteiger partial charge in [-0.2, -0.15) is 5.26 Å². The van der Waals surface area contributed by atoms with Gasteiger partial charge in [0.05, 0.1) is 22.2 Å². The lowest BCUT2D eigenvalue weighted by Crippen LogP contribution is -2.28. The third-order valence-electron chi connectivity index (χ3n) is 6.56. The number of fused-ring (bicyclic) bond motifs is 1. The molecule has 0 saturated heterocycles. The van der Waals surface area contributed by atoms with Crippen LogP contribution in [-0.4, -0.2) is 19.0 Å². The minimum Gasteiger partial charge on any atom is -0.310 e. The van der Waals surface area contributed by atoms with Crippen LogP contribution in [0.15, 0.2) is 64.3 Å². The van der Waals surface area contributed by atoms with E-state index in [1.165, 1.54) is 48.4 Å². The van der Waals surface area contributed by atoms with Crippen LogP contribution in [0.25, 0.3) is 10.9 Å². The Morgan fingerprint density at radius 3 is 2.65 bits per heavy atom. The Balaban J connectivity index is 1.52. The second kappa shape index (κ2) is 10.4. The molecule has 0 bridgehead atoms. The summed E-state index contributed by atoms with van der Waals surface area (Å²) in [5, 5.41) is 13.1. The Morgan fingerprint density at radius 2 is 1.88 bits per heavy atom. The van der Waals surface area contributed by atoms with Crippen molar-refractivity contribution in [1.29, 1.82) is 5.26 Å². The Labute approximate surface area is 200 Å². The van der Waals surface area contributed by atoms with Gasteiger partial charge in [-0.1, -0.05) is 43.9 Å². The molecule has 1 atom stereocenters. The SMILES string of the molecule is C[C@@H](CC1CCCC1)NCc1ccccc1NS(=O)(=O)c1ccc2c(ccc(=O)n2CC#N)c1. The molecule has 0 spiro atoms. The highest BCUT2D eigenvalue weighted by molar-refractivity contribution is 7.92. The number of sulfonamides is 1. The first kappa shape index (κ1) is 24.0. The Kier molecular flexibility index (Phi) is 7.35. The van der Waals surface area contributed by atoms with Gasteiger partial charge in [0.25, 0.3) is 15.6 Å². The molecule has 7 nitrogen and oxygen atoms in total. The van der Waals surface area contributed by atoms with Crippen molar-refractivity contribution in [1.82, 2.24) is 9.88 Å². The number of para-hydroxylation sites is 1. The summed E-state index contributed by atoms with van der Waals surface area (Å²) in [6.07, 6.45) is 6.41. The number of benzene rings is 2. The number of aromatic nitrogens is 1. The quantitative estimate of drug-likeness (QED) is 0.475. The molecule has 0 aliphatic heterocycles. The summed E-state index contributed by atoms with van der Waals surface area (Å²) in [5.74, 6) is 0.786. The highest BCUT2D eigenvalue weighted by Crippen LogP contribution is 2.29. The fourth-order valence-corrected chi connectivity index (χ4v) is 5.91. The van der Waals surface area contributed by atoms with E-state index in [4.69, 9.17) is 5.26 Å². The molecular weight excluding hydrogens is 448 g/mol. The van der Waals surface area contributed by atoms with E-state index in [2.05, 4.69) is 17.0 Å². The van der Waals surface area contributed by atoms with E-state index in [1.807, 2.05) is 24.3 Å². The van der Waals surface area contributed by atoms with Crippen molar-refractivity contribution < 1.29 is 8.42 Å². The maximum Gasteiger partial charge on any atom is 0.261 e. The lowest BCUT2D eigenvalue weighted by Gasteiger charge is -2.19. The number of nitriles is 1. The Morgan fingerprint density at radius 1 is 1.12 bits per heavy atom. The predicted octanol–water partition coefficient (Wildman–Crippen LogP) is 4.38. The molecule has 1 heterocycles. The van der Waals surface area contributed by atoms with E-state index in [0.29, 0.717) is 29.2 Å². The molecule has 4 rings (SSSR count). The van der Waals surface area contributed by atoms with Crippen LogP contribution in [0, 0.1) is 17.2 Å². The molecule has 0 radical (unpaired) electrons. The molecular formula is C26H30N4O3S. The molecule has 2 aromatic carbocycles. The van der Waals surface area contributed by atoms with E-state index in [9.17, 15) is 13.2 Å². The van der Waals surface area contributed by atoms with Crippen molar-refractivity contribution in [3.63, 3.8) is 0 Å². The zero-order valence-electron chi connectivity index (χ0n) is 19.3. The first-order chi connectivity index (χ1) is 16.4. The van der Waals surface area contributed by atoms with Gasteiger partial charge in [-0.25, -0.2) is 8.42 Å². The standard InChI is InChI=1S/C26H30N4O3S/c1-19(16-20-6-2-3-7-20)28-18-22-8-4-5-9-24(22)29-34(32,33)23-11-12-25-21(17-23)10-13-26(31)30(25)15-14-27/h4-5,8-13,17,19-20,28-29H,2-3,6-7,15-16,18H2,1H3/t19-/m0/s1. The van der Waals surface area contributed by atoms with Crippen LogP contribution in [0.1, 0.15) is 44.6 Å². The Hall–Kier alpha value is -3.15.